The lowest BCUT2D eigenvalue weighted by Crippen LogP contribution is -2.18. The minimum atomic E-state index is -0.565. The van der Waals surface area contributed by atoms with Crippen molar-refractivity contribution in [1.29, 1.82) is 0 Å². The number of nitrogens with zero attached hydrogens (tertiary/aromatic N) is 1. The van der Waals surface area contributed by atoms with Crippen LogP contribution >= 0.6 is 15.9 Å². The molecule has 0 radical (unpaired) electrons. The second-order valence-corrected chi connectivity index (χ2v) is 3.83. The first kappa shape index (κ1) is 10.1. The zero-order chi connectivity index (χ0) is 10.8. The lowest BCUT2D eigenvalue weighted by molar-refractivity contribution is 0.0706. The molecule has 0 atom stereocenters. The molecular formula is C10H7BrN2O2. The van der Waals surface area contributed by atoms with Crippen molar-refractivity contribution >= 4 is 32.7 Å². The Bertz CT molecular complexity index is 528. The second-order valence-electron chi connectivity index (χ2n) is 2.98. The molecule has 1 aromatic heterocycles. The molecule has 2 aromatic rings. The number of halogens is 1. The second kappa shape index (κ2) is 3.96. The van der Waals surface area contributed by atoms with Gasteiger partial charge in [0.2, 0.25) is 0 Å². The van der Waals surface area contributed by atoms with Gasteiger partial charge in [-0.3, -0.25) is 15.0 Å². The summed E-state index contributed by atoms with van der Waals surface area (Å²) in [5.41, 5.74) is 2.68. The average Bonchev–Trinajstić information content (AvgIpc) is 2.28. The molecule has 1 aromatic carbocycles. The Morgan fingerprint density at radius 1 is 1.47 bits per heavy atom. The van der Waals surface area contributed by atoms with Crippen LogP contribution in [0.1, 0.15) is 10.4 Å². The molecule has 0 aliphatic rings. The number of rotatable bonds is 1. The Morgan fingerprint density at radius 3 is 3.00 bits per heavy atom. The fourth-order valence-corrected chi connectivity index (χ4v) is 1.80. The molecule has 4 nitrogen and oxygen atoms in total. The minimum Gasteiger partial charge on any atom is -0.288 e. The quantitative estimate of drug-likeness (QED) is 0.614. The van der Waals surface area contributed by atoms with Gasteiger partial charge in [-0.1, -0.05) is 12.1 Å². The van der Waals surface area contributed by atoms with E-state index in [1.165, 1.54) is 6.20 Å². The van der Waals surface area contributed by atoms with Gasteiger partial charge < -0.3 is 0 Å². The first-order valence-electron chi connectivity index (χ1n) is 4.21. The smallest absolute Gasteiger partial charge is 0.276 e. The summed E-state index contributed by atoms with van der Waals surface area (Å²) in [6.07, 6.45) is 1.42. The van der Waals surface area contributed by atoms with Crippen molar-refractivity contribution in [3.8, 4) is 0 Å². The molecule has 0 fully saturated rings. The molecule has 0 unspecified atom stereocenters. The maximum atomic E-state index is 11.1. The van der Waals surface area contributed by atoms with Gasteiger partial charge in [0.05, 0.1) is 11.1 Å². The van der Waals surface area contributed by atoms with Gasteiger partial charge in [-0.05, 0) is 28.1 Å². The van der Waals surface area contributed by atoms with E-state index < -0.39 is 5.91 Å². The number of carbonyl (C=O) groups is 1. The topological polar surface area (TPSA) is 62.2 Å². The molecule has 2 rings (SSSR count). The number of hydrogen-bond acceptors (Lipinski definition) is 3. The summed E-state index contributed by atoms with van der Waals surface area (Å²) in [5.74, 6) is -0.565. The lowest BCUT2D eigenvalue weighted by atomic mass is 10.1. The summed E-state index contributed by atoms with van der Waals surface area (Å²) in [4.78, 5) is 15.3. The van der Waals surface area contributed by atoms with Gasteiger partial charge in [0.15, 0.2) is 0 Å². The predicted octanol–water partition coefficient (Wildman–Crippen LogP) is 2.12. The summed E-state index contributed by atoms with van der Waals surface area (Å²) >= 11 is 3.36. The number of fused-ring (bicyclic) bond motifs is 1. The fraction of sp³-hybridized carbons (Fsp3) is 0. The number of amides is 1. The highest BCUT2D eigenvalue weighted by Gasteiger charge is 2.06. The number of carbonyl (C=O) groups excluding carboxylic acids is 1. The van der Waals surface area contributed by atoms with Gasteiger partial charge >= 0.3 is 0 Å². The normalized spacial score (nSPS) is 10.3. The highest BCUT2D eigenvalue weighted by atomic mass is 79.9. The van der Waals surface area contributed by atoms with Gasteiger partial charge in [0.25, 0.3) is 5.91 Å². The van der Waals surface area contributed by atoms with E-state index in [9.17, 15) is 4.79 Å². The van der Waals surface area contributed by atoms with Crippen LogP contribution < -0.4 is 5.48 Å². The molecule has 2 N–H and O–H groups in total. The molecule has 76 valence electrons. The van der Waals surface area contributed by atoms with Crippen LogP contribution in [0.4, 0.5) is 0 Å². The Hall–Kier alpha value is -1.46. The molecule has 1 heterocycles. The molecule has 0 spiro atoms. The van der Waals surface area contributed by atoms with Crippen LogP contribution in [0.3, 0.4) is 0 Å². The highest BCUT2D eigenvalue weighted by molar-refractivity contribution is 9.10. The van der Waals surface area contributed by atoms with Gasteiger partial charge in [-0.25, -0.2) is 5.48 Å². The first-order chi connectivity index (χ1) is 7.22. The number of para-hydroxylation sites is 1. The van der Waals surface area contributed by atoms with E-state index in [2.05, 4.69) is 20.9 Å². The standard InChI is InChI=1S/C10H7BrN2O2/c11-8-3-1-2-6-4-7(10(14)13-15)5-12-9(6)8/h1-5,15H,(H,13,14). The number of nitrogens with one attached hydrogen (secondary N) is 1. The van der Waals surface area contributed by atoms with Crippen LogP contribution in [-0.2, 0) is 0 Å². The summed E-state index contributed by atoms with van der Waals surface area (Å²) in [6.45, 7) is 0. The van der Waals surface area contributed by atoms with Crippen molar-refractivity contribution in [2.24, 2.45) is 0 Å². The molecule has 0 aliphatic heterocycles. The maximum Gasteiger partial charge on any atom is 0.276 e. The number of pyridine rings is 1. The zero-order valence-corrected chi connectivity index (χ0v) is 9.15. The van der Waals surface area contributed by atoms with Gasteiger partial charge in [0.1, 0.15) is 0 Å². The van der Waals surface area contributed by atoms with E-state index in [1.54, 1.807) is 11.5 Å². The monoisotopic (exact) mass is 266 g/mol. The van der Waals surface area contributed by atoms with Crippen LogP contribution in [0, 0.1) is 0 Å². The first-order valence-corrected chi connectivity index (χ1v) is 5.00. The zero-order valence-electron chi connectivity index (χ0n) is 7.57. The van der Waals surface area contributed by atoms with Crippen LogP contribution in [0.15, 0.2) is 34.9 Å². The number of hydroxylamine groups is 1. The molecular weight excluding hydrogens is 260 g/mol. The van der Waals surface area contributed by atoms with Gasteiger partial charge in [0, 0.05) is 16.1 Å². The van der Waals surface area contributed by atoms with Crippen LogP contribution in [-0.4, -0.2) is 16.1 Å². The van der Waals surface area contributed by atoms with Crippen LogP contribution in [0.5, 0.6) is 0 Å². The summed E-state index contributed by atoms with van der Waals surface area (Å²) in [6, 6.07) is 7.25. The molecule has 15 heavy (non-hydrogen) atoms. The number of benzene rings is 1. The highest BCUT2D eigenvalue weighted by Crippen LogP contribution is 2.22. The third-order valence-electron chi connectivity index (χ3n) is 2.03. The van der Waals surface area contributed by atoms with Crippen molar-refractivity contribution in [2.75, 3.05) is 0 Å². The van der Waals surface area contributed by atoms with Crippen LogP contribution in [0.25, 0.3) is 10.9 Å². The average molecular weight is 267 g/mol. The molecule has 0 bridgehead atoms. The summed E-state index contributed by atoms with van der Waals surface area (Å²) < 4.78 is 0.871. The summed E-state index contributed by atoms with van der Waals surface area (Å²) in [7, 11) is 0. The molecule has 0 saturated carbocycles. The van der Waals surface area contributed by atoms with Crippen molar-refractivity contribution < 1.29 is 10.0 Å². The largest absolute Gasteiger partial charge is 0.288 e. The van der Waals surface area contributed by atoms with E-state index in [0.717, 1.165) is 15.4 Å². The van der Waals surface area contributed by atoms with E-state index in [-0.39, 0.29) is 0 Å². The molecule has 0 aliphatic carbocycles. The van der Waals surface area contributed by atoms with Crippen molar-refractivity contribution in [1.82, 2.24) is 10.5 Å². The predicted molar refractivity (Wildman–Crippen MR) is 58.7 cm³/mol. The molecule has 1 amide bonds. The van der Waals surface area contributed by atoms with Crippen molar-refractivity contribution in [2.45, 2.75) is 0 Å². The van der Waals surface area contributed by atoms with Crippen LogP contribution in [0.2, 0.25) is 0 Å². The van der Waals surface area contributed by atoms with E-state index >= 15 is 0 Å². The number of hydrogen-bond donors (Lipinski definition) is 2. The van der Waals surface area contributed by atoms with Gasteiger partial charge in [-0.2, -0.15) is 0 Å². The Kier molecular flexibility index (Phi) is 2.66. The fourth-order valence-electron chi connectivity index (χ4n) is 1.31. The molecule has 5 heteroatoms. The lowest BCUT2D eigenvalue weighted by Gasteiger charge is -2.02. The molecule has 0 saturated heterocycles. The third-order valence-corrected chi connectivity index (χ3v) is 2.67. The third kappa shape index (κ3) is 1.84. The van der Waals surface area contributed by atoms with E-state index in [0.29, 0.717) is 5.56 Å². The van der Waals surface area contributed by atoms with E-state index in [4.69, 9.17) is 5.21 Å². The van der Waals surface area contributed by atoms with E-state index in [1.807, 2.05) is 18.2 Å². The maximum absolute atomic E-state index is 11.1. The Morgan fingerprint density at radius 2 is 2.27 bits per heavy atom. The Balaban J connectivity index is 2.62. The van der Waals surface area contributed by atoms with Crippen molar-refractivity contribution in [3.63, 3.8) is 0 Å². The number of aromatic nitrogens is 1. The SMILES string of the molecule is O=C(NO)c1cnc2c(Br)cccc2c1. The van der Waals surface area contributed by atoms with Crippen molar-refractivity contribution in [3.05, 3.63) is 40.5 Å². The van der Waals surface area contributed by atoms with Gasteiger partial charge in [-0.15, -0.1) is 0 Å². The Labute approximate surface area is 94.0 Å². The minimum absolute atomic E-state index is 0.322. The summed E-state index contributed by atoms with van der Waals surface area (Å²) in [5, 5.41) is 9.32.